The summed E-state index contributed by atoms with van der Waals surface area (Å²) in [6.45, 7) is 0. The Balaban J connectivity index is 1.96. The van der Waals surface area contributed by atoms with E-state index in [0.29, 0.717) is 28.5 Å². The molecule has 2 N–H and O–H groups in total. The van der Waals surface area contributed by atoms with Crippen LogP contribution in [0.2, 0.25) is 0 Å². The molecule has 0 amide bonds. The molecule has 17 heavy (non-hydrogen) atoms. The van der Waals surface area contributed by atoms with E-state index in [2.05, 4.69) is 10.1 Å². The summed E-state index contributed by atoms with van der Waals surface area (Å²) in [7, 11) is 0. The van der Waals surface area contributed by atoms with Gasteiger partial charge < -0.3 is 15.0 Å². The second kappa shape index (κ2) is 3.79. The Morgan fingerprint density at radius 1 is 1.06 bits per heavy atom. The average molecular weight is 227 g/mol. The van der Waals surface area contributed by atoms with Crippen LogP contribution in [0.4, 0.5) is 5.82 Å². The van der Waals surface area contributed by atoms with E-state index in [-0.39, 0.29) is 0 Å². The van der Waals surface area contributed by atoms with Gasteiger partial charge in [0.15, 0.2) is 5.82 Å². The monoisotopic (exact) mass is 227 g/mol. The highest BCUT2D eigenvalue weighted by molar-refractivity contribution is 5.84. The molecule has 0 bridgehead atoms. The summed E-state index contributed by atoms with van der Waals surface area (Å²) in [4.78, 5) is 4.16. The minimum Gasteiger partial charge on any atom is -0.439 e. The third-order valence-corrected chi connectivity index (χ3v) is 2.31. The quantitative estimate of drug-likeness (QED) is 0.728. The lowest BCUT2D eigenvalue weighted by atomic mass is 10.3. The predicted octanol–water partition coefficient (Wildman–Crippen LogP) is 2.60. The second-order valence-electron chi connectivity index (χ2n) is 3.49. The molecule has 0 fully saturated rings. The summed E-state index contributed by atoms with van der Waals surface area (Å²) in [5.41, 5.74) is 5.96. The number of benzene rings is 1. The van der Waals surface area contributed by atoms with E-state index in [1.54, 1.807) is 12.1 Å². The fourth-order valence-electron chi connectivity index (χ4n) is 1.50. The van der Waals surface area contributed by atoms with Crippen LogP contribution < -0.4 is 10.5 Å². The van der Waals surface area contributed by atoms with Gasteiger partial charge in [0.2, 0.25) is 5.88 Å². The largest absolute Gasteiger partial charge is 0.439 e. The third kappa shape index (κ3) is 1.78. The molecule has 0 spiro atoms. The maximum atomic E-state index is 5.59. The van der Waals surface area contributed by atoms with E-state index in [1.807, 2.05) is 30.3 Å². The lowest BCUT2D eigenvalue weighted by molar-refractivity contribution is 0.434. The molecule has 0 aliphatic carbocycles. The average Bonchev–Trinajstić information content (AvgIpc) is 2.72. The lowest BCUT2D eigenvalue weighted by Crippen LogP contribution is -1.88. The highest BCUT2D eigenvalue weighted by Gasteiger charge is 2.07. The van der Waals surface area contributed by atoms with Crippen molar-refractivity contribution in [3.8, 4) is 11.6 Å². The molecule has 2 aromatic heterocycles. The summed E-state index contributed by atoms with van der Waals surface area (Å²) in [5, 5.41) is 4.31. The Hall–Kier alpha value is -2.56. The maximum Gasteiger partial charge on any atom is 0.263 e. The van der Waals surface area contributed by atoms with Crippen molar-refractivity contribution in [3.05, 3.63) is 42.5 Å². The number of nitrogen functional groups attached to an aromatic ring is 1. The number of hydrogen-bond acceptors (Lipinski definition) is 5. The van der Waals surface area contributed by atoms with Crippen LogP contribution in [0.15, 0.2) is 47.0 Å². The molecule has 0 aliphatic rings. The SMILES string of the molecule is Nc1noc2nc(Oc3ccccc3)ccc12. The normalized spacial score (nSPS) is 10.6. The van der Waals surface area contributed by atoms with Crippen LogP contribution in [0.5, 0.6) is 11.6 Å². The number of hydrogen-bond donors (Lipinski definition) is 1. The number of aromatic nitrogens is 2. The van der Waals surface area contributed by atoms with E-state index in [4.69, 9.17) is 15.0 Å². The third-order valence-electron chi connectivity index (χ3n) is 2.31. The molecule has 2 heterocycles. The van der Waals surface area contributed by atoms with Gasteiger partial charge in [-0.25, -0.2) is 0 Å². The first-order valence-corrected chi connectivity index (χ1v) is 5.08. The van der Waals surface area contributed by atoms with Crippen molar-refractivity contribution < 1.29 is 9.26 Å². The van der Waals surface area contributed by atoms with Crippen molar-refractivity contribution >= 4 is 16.9 Å². The number of para-hydroxylation sites is 1. The fraction of sp³-hybridized carbons (Fsp3) is 0. The van der Waals surface area contributed by atoms with Crippen LogP contribution in [0.1, 0.15) is 0 Å². The van der Waals surface area contributed by atoms with E-state index < -0.39 is 0 Å². The summed E-state index contributed by atoms with van der Waals surface area (Å²) < 4.78 is 10.5. The molecular weight excluding hydrogens is 218 g/mol. The van der Waals surface area contributed by atoms with Crippen LogP contribution >= 0.6 is 0 Å². The molecule has 1 aromatic carbocycles. The number of nitrogens with zero attached hydrogens (tertiary/aromatic N) is 2. The van der Waals surface area contributed by atoms with Gasteiger partial charge in [-0.3, -0.25) is 0 Å². The van der Waals surface area contributed by atoms with E-state index in [0.717, 1.165) is 0 Å². The number of rotatable bonds is 2. The van der Waals surface area contributed by atoms with Crippen LogP contribution in [0.25, 0.3) is 11.1 Å². The molecule has 0 radical (unpaired) electrons. The van der Waals surface area contributed by atoms with Crippen molar-refractivity contribution in [2.24, 2.45) is 0 Å². The zero-order valence-electron chi connectivity index (χ0n) is 8.83. The van der Waals surface area contributed by atoms with Gasteiger partial charge in [0.1, 0.15) is 5.75 Å². The zero-order valence-corrected chi connectivity index (χ0v) is 8.83. The first-order valence-electron chi connectivity index (χ1n) is 5.08. The molecule has 5 nitrogen and oxygen atoms in total. The van der Waals surface area contributed by atoms with Crippen LogP contribution in [0.3, 0.4) is 0 Å². The molecule has 3 rings (SSSR count). The molecule has 0 atom stereocenters. The van der Waals surface area contributed by atoms with Gasteiger partial charge in [-0.1, -0.05) is 23.4 Å². The summed E-state index contributed by atoms with van der Waals surface area (Å²) in [6.07, 6.45) is 0. The van der Waals surface area contributed by atoms with Gasteiger partial charge in [0.05, 0.1) is 5.39 Å². The lowest BCUT2D eigenvalue weighted by Gasteiger charge is -2.02. The fourth-order valence-corrected chi connectivity index (χ4v) is 1.50. The highest BCUT2D eigenvalue weighted by Crippen LogP contribution is 2.24. The summed E-state index contributed by atoms with van der Waals surface area (Å²) in [6, 6.07) is 12.9. The van der Waals surface area contributed by atoms with E-state index in [9.17, 15) is 0 Å². The van der Waals surface area contributed by atoms with Crippen molar-refractivity contribution in [2.75, 3.05) is 5.73 Å². The zero-order chi connectivity index (χ0) is 11.7. The van der Waals surface area contributed by atoms with Crippen LogP contribution in [-0.4, -0.2) is 10.1 Å². The molecule has 0 aliphatic heterocycles. The van der Waals surface area contributed by atoms with Crippen LogP contribution in [0, 0.1) is 0 Å². The second-order valence-corrected chi connectivity index (χ2v) is 3.49. The Bertz CT molecular complexity index is 649. The number of anilines is 1. The predicted molar refractivity (Wildman–Crippen MR) is 62.7 cm³/mol. The van der Waals surface area contributed by atoms with Gasteiger partial charge in [-0.2, -0.15) is 4.98 Å². The first kappa shape index (κ1) is 9.65. The molecule has 0 unspecified atom stereocenters. The molecule has 84 valence electrons. The van der Waals surface area contributed by atoms with E-state index in [1.165, 1.54) is 0 Å². The van der Waals surface area contributed by atoms with Crippen molar-refractivity contribution in [2.45, 2.75) is 0 Å². The minimum absolute atomic E-state index is 0.332. The standard InChI is InChI=1S/C12H9N3O2/c13-11-9-6-7-10(14-12(9)17-15-11)16-8-4-2-1-3-5-8/h1-7H,(H2,13,15). The smallest absolute Gasteiger partial charge is 0.263 e. The van der Waals surface area contributed by atoms with Gasteiger partial charge in [-0.05, 0) is 18.2 Å². The van der Waals surface area contributed by atoms with Gasteiger partial charge in [-0.15, -0.1) is 0 Å². The number of pyridine rings is 1. The molecular formula is C12H9N3O2. The Morgan fingerprint density at radius 2 is 1.88 bits per heavy atom. The number of nitrogens with two attached hydrogens (primary N) is 1. The minimum atomic E-state index is 0.332. The number of ether oxygens (including phenoxy) is 1. The summed E-state index contributed by atoms with van der Waals surface area (Å²) >= 11 is 0. The Labute approximate surface area is 96.8 Å². The topological polar surface area (TPSA) is 74.2 Å². The van der Waals surface area contributed by atoms with Crippen molar-refractivity contribution in [1.82, 2.24) is 10.1 Å². The van der Waals surface area contributed by atoms with Gasteiger partial charge >= 0.3 is 0 Å². The maximum absolute atomic E-state index is 5.59. The van der Waals surface area contributed by atoms with Crippen molar-refractivity contribution in [1.29, 1.82) is 0 Å². The van der Waals surface area contributed by atoms with Gasteiger partial charge in [0.25, 0.3) is 5.71 Å². The molecule has 5 heteroatoms. The van der Waals surface area contributed by atoms with Crippen molar-refractivity contribution in [3.63, 3.8) is 0 Å². The summed E-state index contributed by atoms with van der Waals surface area (Å²) in [5.74, 6) is 1.49. The Morgan fingerprint density at radius 3 is 2.71 bits per heavy atom. The highest BCUT2D eigenvalue weighted by atomic mass is 16.5. The molecule has 0 saturated carbocycles. The van der Waals surface area contributed by atoms with Gasteiger partial charge in [0, 0.05) is 6.07 Å². The number of fused-ring (bicyclic) bond motifs is 1. The molecule has 3 aromatic rings. The van der Waals surface area contributed by atoms with Crippen LogP contribution in [-0.2, 0) is 0 Å². The van der Waals surface area contributed by atoms with E-state index >= 15 is 0 Å². The Kier molecular flexibility index (Phi) is 2.15. The first-order chi connectivity index (χ1) is 8.33. The molecule has 0 saturated heterocycles.